The Morgan fingerprint density at radius 1 is 1.14 bits per heavy atom. The molecule has 144 valence electrons. The first-order valence-corrected chi connectivity index (χ1v) is 10.6. The lowest BCUT2D eigenvalue weighted by Crippen LogP contribution is -2.22. The number of halogens is 1. The third kappa shape index (κ3) is 3.89. The van der Waals surface area contributed by atoms with Crippen LogP contribution in [-0.4, -0.2) is 31.3 Å². The highest BCUT2D eigenvalue weighted by Crippen LogP contribution is 2.23. The summed E-state index contributed by atoms with van der Waals surface area (Å²) < 4.78 is 5.84. The highest BCUT2D eigenvalue weighted by atomic mass is 35.5. The average molecular weight is 430 g/mol. The number of nitrogens with zero attached hydrogens (tertiary/aromatic N) is 5. The van der Waals surface area contributed by atoms with Crippen LogP contribution in [0.4, 0.5) is 0 Å². The van der Waals surface area contributed by atoms with Gasteiger partial charge in [0, 0.05) is 17.1 Å². The number of hydrogen-bond donors (Lipinski definition) is 0. The molecule has 0 spiro atoms. The summed E-state index contributed by atoms with van der Waals surface area (Å²) in [5.74, 6) is 0.859. The van der Waals surface area contributed by atoms with Crippen molar-refractivity contribution in [1.82, 2.24) is 24.2 Å². The summed E-state index contributed by atoms with van der Waals surface area (Å²) in [6, 6.07) is 15.9. The van der Waals surface area contributed by atoms with Crippen LogP contribution in [0.25, 0.3) is 21.6 Å². The Bertz CT molecular complexity index is 1130. The topological polar surface area (TPSA) is 38.9 Å². The van der Waals surface area contributed by atoms with E-state index in [1.54, 1.807) is 11.3 Å². The van der Waals surface area contributed by atoms with Crippen LogP contribution >= 0.6 is 35.2 Å². The zero-order valence-corrected chi connectivity index (χ0v) is 18.1. The van der Waals surface area contributed by atoms with Crippen LogP contribution in [0.1, 0.15) is 11.9 Å². The van der Waals surface area contributed by atoms with Crippen molar-refractivity contribution < 1.29 is 0 Å². The zero-order valence-electron chi connectivity index (χ0n) is 15.7. The predicted molar refractivity (Wildman–Crippen MR) is 118 cm³/mol. The first kappa shape index (κ1) is 19.3. The molecule has 4 rings (SSSR count). The Balaban J connectivity index is 1.57. The molecule has 0 aliphatic rings. The smallest absolute Gasteiger partial charge is 0.199 e. The fourth-order valence-electron chi connectivity index (χ4n) is 3.13. The summed E-state index contributed by atoms with van der Waals surface area (Å²) in [6.45, 7) is 4.18. The van der Waals surface area contributed by atoms with Gasteiger partial charge in [-0.15, -0.1) is 11.3 Å². The number of aromatic nitrogens is 4. The van der Waals surface area contributed by atoms with Gasteiger partial charge in [-0.25, -0.2) is 9.67 Å². The van der Waals surface area contributed by atoms with Crippen molar-refractivity contribution >= 4 is 45.4 Å². The lowest BCUT2D eigenvalue weighted by Gasteiger charge is -2.14. The normalized spacial score (nSPS) is 11.6. The molecule has 0 amide bonds. The number of rotatable bonds is 6. The lowest BCUT2D eigenvalue weighted by atomic mass is 10.2. The summed E-state index contributed by atoms with van der Waals surface area (Å²) in [5, 5.41) is 6.57. The third-order valence-corrected chi connectivity index (χ3v) is 6.16. The second-order valence-corrected chi connectivity index (χ2v) is 8.50. The molecule has 0 N–H and O–H groups in total. The number of benzene rings is 2. The van der Waals surface area contributed by atoms with Crippen LogP contribution in [0.5, 0.6) is 0 Å². The van der Waals surface area contributed by atoms with Gasteiger partial charge >= 0.3 is 0 Å². The quantitative estimate of drug-likeness (QED) is 0.382. The maximum atomic E-state index is 6.02. The molecule has 8 heteroatoms. The average Bonchev–Trinajstić information content (AvgIpc) is 3.22. The Morgan fingerprint density at radius 2 is 1.89 bits per heavy atom. The summed E-state index contributed by atoms with van der Waals surface area (Å²) in [6.07, 6.45) is 0. The van der Waals surface area contributed by atoms with Gasteiger partial charge in [0.2, 0.25) is 0 Å². The number of thiazole rings is 1. The minimum absolute atomic E-state index is 0.600. The molecule has 0 aliphatic carbocycles. The van der Waals surface area contributed by atoms with E-state index in [4.69, 9.17) is 33.9 Å². The van der Waals surface area contributed by atoms with Crippen molar-refractivity contribution in [1.29, 1.82) is 0 Å². The van der Waals surface area contributed by atoms with Gasteiger partial charge in [-0.3, -0.25) is 4.90 Å². The first-order valence-electron chi connectivity index (χ1n) is 9.01. The van der Waals surface area contributed by atoms with Gasteiger partial charge in [-0.05, 0) is 62.6 Å². The fraction of sp³-hybridized carbons (Fsp3) is 0.250. The SMILES string of the molecule is CCn1c(-c2ccc(Cl)cc2)nn(CN(C)Cc2nc3ccccc3s2)c1=S. The molecule has 0 atom stereocenters. The van der Waals surface area contributed by atoms with E-state index in [1.807, 2.05) is 51.7 Å². The summed E-state index contributed by atoms with van der Waals surface area (Å²) in [4.78, 5) is 6.89. The van der Waals surface area contributed by atoms with E-state index in [1.165, 1.54) is 4.70 Å². The molecule has 2 aromatic carbocycles. The molecule has 2 aromatic heterocycles. The maximum Gasteiger partial charge on any atom is 0.199 e. The van der Waals surface area contributed by atoms with Crippen molar-refractivity contribution in [2.45, 2.75) is 26.7 Å². The van der Waals surface area contributed by atoms with Gasteiger partial charge in [0.25, 0.3) is 0 Å². The summed E-state index contributed by atoms with van der Waals surface area (Å²) in [7, 11) is 2.06. The van der Waals surface area contributed by atoms with E-state index in [9.17, 15) is 0 Å². The molecule has 0 fully saturated rings. The number of hydrogen-bond acceptors (Lipinski definition) is 5. The second kappa shape index (κ2) is 8.13. The molecule has 0 radical (unpaired) electrons. The van der Waals surface area contributed by atoms with E-state index in [0.717, 1.165) is 35.0 Å². The van der Waals surface area contributed by atoms with E-state index in [0.29, 0.717) is 16.5 Å². The number of fused-ring (bicyclic) bond motifs is 1. The molecule has 4 aromatic rings. The standard InChI is InChI=1S/C20H20ClN5S2/c1-3-25-19(14-8-10-15(21)11-9-14)23-26(20(25)27)13-24(2)12-18-22-16-6-4-5-7-17(16)28-18/h4-11H,3,12-13H2,1-2H3. The maximum absolute atomic E-state index is 6.02. The molecule has 0 aliphatic heterocycles. The molecule has 0 bridgehead atoms. The van der Waals surface area contributed by atoms with Crippen LogP contribution in [0, 0.1) is 4.77 Å². The van der Waals surface area contributed by atoms with Crippen LogP contribution in [0.3, 0.4) is 0 Å². The molecule has 28 heavy (non-hydrogen) atoms. The fourth-order valence-corrected chi connectivity index (χ4v) is 4.62. The van der Waals surface area contributed by atoms with Crippen LogP contribution in [-0.2, 0) is 19.8 Å². The molecule has 0 saturated carbocycles. The van der Waals surface area contributed by atoms with E-state index in [-0.39, 0.29) is 0 Å². The van der Waals surface area contributed by atoms with Crippen LogP contribution in [0.2, 0.25) is 5.02 Å². The Labute approximate surface area is 177 Å². The summed E-state index contributed by atoms with van der Waals surface area (Å²) >= 11 is 13.4. The zero-order chi connectivity index (χ0) is 19.7. The van der Waals surface area contributed by atoms with Gasteiger partial charge in [0.1, 0.15) is 5.01 Å². The van der Waals surface area contributed by atoms with Crippen molar-refractivity contribution in [2.75, 3.05) is 7.05 Å². The van der Waals surface area contributed by atoms with Crippen molar-refractivity contribution in [2.24, 2.45) is 0 Å². The minimum Gasteiger partial charge on any atom is -0.300 e. The van der Waals surface area contributed by atoms with Gasteiger partial charge in [-0.1, -0.05) is 23.7 Å². The Kier molecular flexibility index (Phi) is 5.59. The molecular formula is C20H20ClN5S2. The number of para-hydroxylation sites is 1. The Morgan fingerprint density at radius 3 is 2.61 bits per heavy atom. The largest absolute Gasteiger partial charge is 0.300 e. The predicted octanol–water partition coefficient (Wildman–Crippen LogP) is 5.45. The molecule has 0 unspecified atom stereocenters. The third-order valence-electron chi connectivity index (χ3n) is 4.46. The van der Waals surface area contributed by atoms with Gasteiger partial charge in [0.05, 0.1) is 23.4 Å². The lowest BCUT2D eigenvalue weighted by molar-refractivity contribution is 0.243. The van der Waals surface area contributed by atoms with Gasteiger partial charge in [0.15, 0.2) is 10.6 Å². The van der Waals surface area contributed by atoms with E-state index >= 15 is 0 Å². The molecular weight excluding hydrogens is 410 g/mol. The minimum atomic E-state index is 0.600. The molecule has 5 nitrogen and oxygen atoms in total. The summed E-state index contributed by atoms with van der Waals surface area (Å²) in [5.41, 5.74) is 2.05. The van der Waals surface area contributed by atoms with E-state index < -0.39 is 0 Å². The van der Waals surface area contributed by atoms with Crippen molar-refractivity contribution in [3.05, 3.63) is 63.3 Å². The monoisotopic (exact) mass is 429 g/mol. The van der Waals surface area contributed by atoms with Crippen molar-refractivity contribution in [3.8, 4) is 11.4 Å². The van der Waals surface area contributed by atoms with Gasteiger partial charge in [-0.2, -0.15) is 5.10 Å². The Hall–Kier alpha value is -2.06. The van der Waals surface area contributed by atoms with Crippen LogP contribution in [0.15, 0.2) is 48.5 Å². The highest BCUT2D eigenvalue weighted by Gasteiger charge is 2.14. The molecule has 0 saturated heterocycles. The molecule has 2 heterocycles. The van der Waals surface area contributed by atoms with Crippen molar-refractivity contribution in [3.63, 3.8) is 0 Å². The van der Waals surface area contributed by atoms with Crippen LogP contribution < -0.4 is 0 Å². The second-order valence-electron chi connectivity index (χ2n) is 6.59. The van der Waals surface area contributed by atoms with Gasteiger partial charge < -0.3 is 4.57 Å². The highest BCUT2D eigenvalue weighted by molar-refractivity contribution is 7.71. The van der Waals surface area contributed by atoms with E-state index in [2.05, 4.69) is 24.9 Å². The first-order chi connectivity index (χ1) is 13.5.